The molecule has 3 N–H and O–H groups in total. The van der Waals surface area contributed by atoms with Crippen LogP contribution in [-0.4, -0.2) is 66.2 Å². The summed E-state index contributed by atoms with van der Waals surface area (Å²) in [6.07, 6.45) is 2.73. The molecule has 0 saturated carbocycles. The van der Waals surface area contributed by atoms with Crippen molar-refractivity contribution in [2.75, 3.05) is 36.6 Å². The molecular formula is C22H27N5O5S. The Hall–Kier alpha value is -3.02. The van der Waals surface area contributed by atoms with Gasteiger partial charge in [-0.05, 0) is 31.5 Å². The minimum Gasteiger partial charge on any atom is -0.392 e. The second kappa shape index (κ2) is 9.08. The zero-order valence-electron chi connectivity index (χ0n) is 18.7. The van der Waals surface area contributed by atoms with Gasteiger partial charge in [-0.15, -0.1) is 0 Å². The number of ether oxygens (including phenoxy) is 1. The Labute approximate surface area is 191 Å². The Morgan fingerprint density at radius 1 is 1.33 bits per heavy atom. The highest BCUT2D eigenvalue weighted by Crippen LogP contribution is 2.31. The Balaban J connectivity index is 1.85. The fourth-order valence-corrected chi connectivity index (χ4v) is 4.59. The lowest BCUT2D eigenvalue weighted by Crippen LogP contribution is -2.24. The molecule has 4 rings (SSSR count). The highest BCUT2D eigenvalue weighted by molar-refractivity contribution is 7.90. The van der Waals surface area contributed by atoms with E-state index in [2.05, 4.69) is 20.6 Å². The largest absolute Gasteiger partial charge is 0.392 e. The number of sulfone groups is 1. The van der Waals surface area contributed by atoms with Gasteiger partial charge in [-0.1, -0.05) is 6.07 Å². The van der Waals surface area contributed by atoms with Crippen LogP contribution in [0.3, 0.4) is 0 Å². The van der Waals surface area contributed by atoms with Crippen LogP contribution in [0.2, 0.25) is 0 Å². The summed E-state index contributed by atoms with van der Waals surface area (Å²) in [5, 5.41) is 16.2. The molecule has 1 aliphatic rings. The molecule has 3 aromatic rings. The van der Waals surface area contributed by atoms with Gasteiger partial charge in [0.15, 0.2) is 9.84 Å². The number of benzene rings is 1. The van der Waals surface area contributed by atoms with Crippen molar-refractivity contribution in [2.24, 2.45) is 7.05 Å². The topological polar surface area (TPSA) is 135 Å². The molecular weight excluding hydrogens is 446 g/mol. The van der Waals surface area contributed by atoms with Gasteiger partial charge in [-0.2, -0.15) is 0 Å². The molecule has 0 bridgehead atoms. The molecule has 2 atom stereocenters. The number of aliphatic hydroxyl groups is 1. The summed E-state index contributed by atoms with van der Waals surface area (Å²) in [5.41, 5.74) is 1.68. The number of hydrogen-bond acceptors (Lipinski definition) is 9. The van der Waals surface area contributed by atoms with Crippen LogP contribution < -0.4 is 16.2 Å². The van der Waals surface area contributed by atoms with E-state index in [1.807, 2.05) is 0 Å². The number of rotatable bonds is 7. The smallest absolute Gasteiger partial charge is 0.264 e. The first-order valence-electron chi connectivity index (χ1n) is 10.6. The van der Waals surface area contributed by atoms with Gasteiger partial charge in [-0.25, -0.2) is 18.4 Å². The molecule has 1 fully saturated rings. The molecule has 1 aliphatic heterocycles. The van der Waals surface area contributed by atoms with Gasteiger partial charge in [0.2, 0.25) is 0 Å². The fourth-order valence-electron chi connectivity index (χ4n) is 3.71. The molecule has 2 aromatic heterocycles. The SMILES string of the molecule is C[C@H](O)CNc1ccc(-c2cc3ncn(C)c(=O)c3c(N[C@@H]3CCOC3)n2)cc1S(C)(=O)=O. The van der Waals surface area contributed by atoms with E-state index in [4.69, 9.17) is 4.74 Å². The fraction of sp³-hybridized carbons (Fsp3) is 0.409. The molecule has 10 nitrogen and oxygen atoms in total. The zero-order chi connectivity index (χ0) is 23.8. The summed E-state index contributed by atoms with van der Waals surface area (Å²) in [6.45, 7) is 2.96. The van der Waals surface area contributed by atoms with Crippen molar-refractivity contribution in [1.82, 2.24) is 14.5 Å². The van der Waals surface area contributed by atoms with Crippen LogP contribution in [0.5, 0.6) is 0 Å². The van der Waals surface area contributed by atoms with Gasteiger partial charge in [0.05, 0.1) is 46.9 Å². The van der Waals surface area contributed by atoms with E-state index < -0.39 is 15.9 Å². The van der Waals surface area contributed by atoms with E-state index in [-0.39, 0.29) is 23.0 Å². The predicted molar refractivity (Wildman–Crippen MR) is 126 cm³/mol. The van der Waals surface area contributed by atoms with Crippen LogP contribution >= 0.6 is 0 Å². The highest BCUT2D eigenvalue weighted by atomic mass is 32.2. The number of pyridine rings is 1. The second-order valence-electron chi connectivity index (χ2n) is 8.33. The van der Waals surface area contributed by atoms with Crippen molar-refractivity contribution in [3.8, 4) is 11.3 Å². The van der Waals surface area contributed by atoms with Gasteiger partial charge < -0.3 is 25.0 Å². The van der Waals surface area contributed by atoms with Crippen LogP contribution in [0, 0.1) is 0 Å². The Morgan fingerprint density at radius 3 is 2.79 bits per heavy atom. The van der Waals surface area contributed by atoms with E-state index in [9.17, 15) is 18.3 Å². The minimum atomic E-state index is -3.57. The van der Waals surface area contributed by atoms with Gasteiger partial charge >= 0.3 is 0 Å². The maximum absolute atomic E-state index is 12.8. The molecule has 0 unspecified atom stereocenters. The Morgan fingerprint density at radius 2 is 2.12 bits per heavy atom. The number of fused-ring (bicyclic) bond motifs is 1. The third-order valence-electron chi connectivity index (χ3n) is 5.44. The van der Waals surface area contributed by atoms with Crippen LogP contribution in [0.25, 0.3) is 22.2 Å². The number of aromatic nitrogens is 3. The molecule has 11 heteroatoms. The third kappa shape index (κ3) is 5.00. The zero-order valence-corrected chi connectivity index (χ0v) is 19.5. The van der Waals surface area contributed by atoms with Gasteiger partial charge in [0.1, 0.15) is 11.2 Å². The van der Waals surface area contributed by atoms with E-state index in [1.54, 1.807) is 32.2 Å². The second-order valence-corrected chi connectivity index (χ2v) is 10.3. The first kappa shape index (κ1) is 23.1. The van der Waals surface area contributed by atoms with Crippen LogP contribution in [0.4, 0.5) is 11.5 Å². The Kier molecular flexibility index (Phi) is 6.37. The molecule has 33 heavy (non-hydrogen) atoms. The van der Waals surface area contributed by atoms with E-state index in [0.717, 1.165) is 12.7 Å². The molecule has 0 aliphatic carbocycles. The maximum atomic E-state index is 12.8. The summed E-state index contributed by atoms with van der Waals surface area (Å²) in [7, 11) is -1.94. The molecule has 0 radical (unpaired) electrons. The standard InChI is InChI=1S/C22H27N5O5S/c1-13(28)10-23-16-5-4-14(8-19(16)33(3,30)31)17-9-18-20(22(29)27(2)12-24-18)21(26-17)25-15-6-7-32-11-15/h4-5,8-9,12-13,15,23,28H,6-7,10-11H2,1-3H3,(H,25,26)/t13-,15+/m0/s1. The van der Waals surface area contributed by atoms with Gasteiger partial charge in [0, 0.05) is 32.0 Å². The molecule has 0 amide bonds. The highest BCUT2D eigenvalue weighted by Gasteiger charge is 2.21. The lowest BCUT2D eigenvalue weighted by atomic mass is 10.1. The summed E-state index contributed by atoms with van der Waals surface area (Å²) in [5.74, 6) is 0.393. The number of aliphatic hydroxyl groups excluding tert-OH is 1. The summed E-state index contributed by atoms with van der Waals surface area (Å²) in [6, 6.07) is 6.63. The number of nitrogens with zero attached hydrogens (tertiary/aromatic N) is 3. The van der Waals surface area contributed by atoms with Crippen molar-refractivity contribution in [3.05, 3.63) is 40.9 Å². The average Bonchev–Trinajstić information content (AvgIpc) is 3.27. The molecule has 3 heterocycles. The number of anilines is 2. The van der Waals surface area contributed by atoms with Crippen LogP contribution in [0.1, 0.15) is 13.3 Å². The van der Waals surface area contributed by atoms with Crippen LogP contribution in [-0.2, 0) is 21.6 Å². The summed E-state index contributed by atoms with van der Waals surface area (Å²) in [4.78, 5) is 22.0. The van der Waals surface area contributed by atoms with Crippen molar-refractivity contribution < 1.29 is 18.3 Å². The average molecular weight is 474 g/mol. The van der Waals surface area contributed by atoms with Crippen molar-refractivity contribution >= 4 is 32.2 Å². The predicted octanol–water partition coefficient (Wildman–Crippen LogP) is 1.39. The number of aryl methyl sites for hydroxylation is 1. The van der Waals surface area contributed by atoms with Crippen molar-refractivity contribution in [2.45, 2.75) is 30.4 Å². The van der Waals surface area contributed by atoms with Crippen LogP contribution in [0.15, 0.2) is 40.3 Å². The number of nitrogens with one attached hydrogen (secondary N) is 2. The summed E-state index contributed by atoms with van der Waals surface area (Å²) < 4.78 is 31.8. The van der Waals surface area contributed by atoms with Crippen molar-refractivity contribution in [3.63, 3.8) is 0 Å². The van der Waals surface area contributed by atoms with Gasteiger partial charge in [-0.3, -0.25) is 4.79 Å². The van der Waals surface area contributed by atoms with Gasteiger partial charge in [0.25, 0.3) is 5.56 Å². The first-order chi connectivity index (χ1) is 15.6. The van der Waals surface area contributed by atoms with E-state index >= 15 is 0 Å². The monoisotopic (exact) mass is 473 g/mol. The molecule has 1 aromatic carbocycles. The third-order valence-corrected chi connectivity index (χ3v) is 6.57. The van der Waals surface area contributed by atoms with Crippen molar-refractivity contribution in [1.29, 1.82) is 0 Å². The number of hydrogen-bond donors (Lipinski definition) is 3. The molecule has 1 saturated heterocycles. The molecule has 0 spiro atoms. The minimum absolute atomic E-state index is 0.0134. The molecule has 176 valence electrons. The lowest BCUT2D eigenvalue weighted by molar-refractivity contribution is 0.195. The maximum Gasteiger partial charge on any atom is 0.264 e. The van der Waals surface area contributed by atoms with E-state index in [1.165, 1.54) is 17.0 Å². The summed E-state index contributed by atoms with van der Waals surface area (Å²) >= 11 is 0. The van der Waals surface area contributed by atoms with E-state index in [0.29, 0.717) is 46.9 Å². The lowest BCUT2D eigenvalue weighted by Gasteiger charge is -2.16. The first-order valence-corrected chi connectivity index (χ1v) is 12.5. The normalized spacial score (nSPS) is 17.3. The Bertz CT molecular complexity index is 1350. The quantitative estimate of drug-likeness (QED) is 0.465.